The van der Waals surface area contributed by atoms with Crippen LogP contribution in [0.15, 0.2) is 69.6 Å². The number of fused-ring (bicyclic) bond motifs is 1. The van der Waals surface area contributed by atoms with Crippen LogP contribution >= 0.6 is 33.9 Å². The van der Waals surface area contributed by atoms with Gasteiger partial charge in [-0.3, -0.25) is 9.36 Å². The second-order valence-corrected chi connectivity index (χ2v) is 12.8. The normalized spacial score (nSPS) is 14.1. The van der Waals surface area contributed by atoms with Gasteiger partial charge >= 0.3 is 11.9 Å². The highest BCUT2D eigenvalue weighted by Gasteiger charge is 2.34. The Bertz CT molecular complexity index is 2130. The molecule has 0 radical (unpaired) electrons. The first-order valence-corrected chi connectivity index (χ1v) is 16.8. The first kappa shape index (κ1) is 35.5. The summed E-state index contributed by atoms with van der Waals surface area (Å²) in [5.41, 5.74) is 2.30. The Morgan fingerprint density at radius 2 is 1.65 bits per heavy atom. The largest absolute Gasteiger partial charge is 0.493 e. The Labute approximate surface area is 299 Å². The van der Waals surface area contributed by atoms with E-state index in [1.807, 2.05) is 6.07 Å². The Morgan fingerprint density at radius 3 is 2.27 bits per heavy atom. The van der Waals surface area contributed by atoms with Crippen LogP contribution in [0.2, 0.25) is 0 Å². The molecule has 0 unspecified atom stereocenters. The maximum absolute atomic E-state index is 14.2. The number of nitrogens with zero attached hydrogens (tertiary/aromatic N) is 2. The van der Waals surface area contributed by atoms with E-state index in [2.05, 4.69) is 27.6 Å². The average molecular weight is 801 g/mol. The van der Waals surface area contributed by atoms with Crippen LogP contribution in [0.5, 0.6) is 28.7 Å². The van der Waals surface area contributed by atoms with Gasteiger partial charge in [-0.05, 0) is 95.6 Å². The fraction of sp³-hybridized carbons (Fsp3) is 0.257. The lowest BCUT2D eigenvalue weighted by atomic mass is 9.95. The number of halogens is 1. The van der Waals surface area contributed by atoms with E-state index >= 15 is 0 Å². The first-order valence-electron chi connectivity index (χ1n) is 14.9. The van der Waals surface area contributed by atoms with Crippen molar-refractivity contribution < 1.29 is 43.1 Å². The molecule has 12 nitrogen and oxygen atoms in total. The van der Waals surface area contributed by atoms with Crippen molar-refractivity contribution >= 4 is 51.9 Å². The van der Waals surface area contributed by atoms with Gasteiger partial charge in [0.1, 0.15) is 6.61 Å². The number of carbonyl (C=O) groups is 2. The number of carboxylic acid groups (broad SMARTS) is 1. The average Bonchev–Trinajstić information content (AvgIpc) is 3.39. The molecule has 0 bridgehead atoms. The predicted octanol–water partition coefficient (Wildman–Crippen LogP) is 4.71. The van der Waals surface area contributed by atoms with Crippen LogP contribution in [0.25, 0.3) is 6.08 Å². The molecular formula is C35H33IN2O10S. The number of allylic oxidation sites excluding steroid dienone is 1. The molecular weight excluding hydrogens is 767 g/mol. The predicted molar refractivity (Wildman–Crippen MR) is 190 cm³/mol. The minimum absolute atomic E-state index is 0.120. The van der Waals surface area contributed by atoms with Crippen molar-refractivity contribution in [3.63, 3.8) is 0 Å². The van der Waals surface area contributed by atoms with Crippen LogP contribution < -0.4 is 38.6 Å². The van der Waals surface area contributed by atoms with Crippen molar-refractivity contribution in [2.24, 2.45) is 4.99 Å². The van der Waals surface area contributed by atoms with Gasteiger partial charge in [-0.15, -0.1) is 0 Å². The van der Waals surface area contributed by atoms with E-state index in [1.165, 1.54) is 50.4 Å². The third-order valence-electron chi connectivity index (χ3n) is 7.63. The van der Waals surface area contributed by atoms with E-state index in [9.17, 15) is 19.5 Å². The van der Waals surface area contributed by atoms with Crippen LogP contribution in [0, 0.1) is 3.57 Å². The van der Waals surface area contributed by atoms with Gasteiger partial charge in [-0.2, -0.15) is 0 Å². The summed E-state index contributed by atoms with van der Waals surface area (Å²) in [5, 5.41) is 9.32. The molecule has 4 aromatic rings. The van der Waals surface area contributed by atoms with Crippen molar-refractivity contribution in [1.29, 1.82) is 0 Å². The maximum Gasteiger partial charge on any atom is 0.338 e. The van der Waals surface area contributed by atoms with E-state index in [0.29, 0.717) is 64.0 Å². The zero-order chi connectivity index (χ0) is 35.4. The van der Waals surface area contributed by atoms with Crippen molar-refractivity contribution in [1.82, 2.24) is 4.57 Å². The minimum Gasteiger partial charge on any atom is -0.493 e. The summed E-state index contributed by atoms with van der Waals surface area (Å²) in [7, 11) is 5.98. The smallest absolute Gasteiger partial charge is 0.338 e. The molecule has 0 spiro atoms. The molecule has 1 aromatic heterocycles. The highest BCUT2D eigenvalue weighted by Crippen LogP contribution is 2.42. The number of thiazole rings is 1. The molecule has 1 aliphatic heterocycles. The van der Waals surface area contributed by atoms with Gasteiger partial charge in [-0.25, -0.2) is 14.6 Å². The summed E-state index contributed by atoms with van der Waals surface area (Å²) in [6.45, 7) is 3.67. The van der Waals surface area contributed by atoms with Gasteiger partial charge in [0, 0.05) is 0 Å². The van der Waals surface area contributed by atoms with E-state index < -0.39 is 18.0 Å². The van der Waals surface area contributed by atoms with Gasteiger partial charge < -0.3 is 33.5 Å². The van der Waals surface area contributed by atoms with Crippen LogP contribution in [0.1, 0.15) is 46.9 Å². The van der Waals surface area contributed by atoms with Crippen molar-refractivity contribution in [3.05, 3.63) is 105 Å². The molecule has 1 N–H and O–H groups in total. The Kier molecular flexibility index (Phi) is 11.0. The minimum atomic E-state index is -1.02. The summed E-state index contributed by atoms with van der Waals surface area (Å²) in [4.78, 5) is 44.0. The molecule has 14 heteroatoms. The number of benzene rings is 3. The van der Waals surface area contributed by atoms with Gasteiger partial charge in [-0.1, -0.05) is 23.5 Å². The van der Waals surface area contributed by atoms with E-state index in [-0.39, 0.29) is 29.9 Å². The number of carboxylic acids is 1. The zero-order valence-electron chi connectivity index (χ0n) is 27.5. The van der Waals surface area contributed by atoms with E-state index in [0.717, 1.165) is 0 Å². The van der Waals surface area contributed by atoms with Crippen molar-refractivity contribution in [3.8, 4) is 28.7 Å². The lowest BCUT2D eigenvalue weighted by Gasteiger charge is -2.26. The molecule has 5 rings (SSSR count). The topological polar surface area (TPSA) is 144 Å². The van der Waals surface area contributed by atoms with Crippen LogP contribution in [0.3, 0.4) is 0 Å². The number of aromatic nitrogens is 1. The van der Waals surface area contributed by atoms with E-state index in [1.54, 1.807) is 56.3 Å². The number of ether oxygens (including phenoxy) is 6. The Hall–Kier alpha value is -4.83. The quantitative estimate of drug-likeness (QED) is 0.158. The summed E-state index contributed by atoms with van der Waals surface area (Å²) in [5.74, 6) is 0.359. The number of carbonyl (C=O) groups excluding carboxylic acids is 1. The second kappa shape index (κ2) is 15.2. The lowest BCUT2D eigenvalue weighted by molar-refractivity contribution is -0.139. The number of esters is 1. The monoisotopic (exact) mass is 800 g/mol. The van der Waals surface area contributed by atoms with E-state index in [4.69, 9.17) is 28.4 Å². The summed E-state index contributed by atoms with van der Waals surface area (Å²) < 4.78 is 36.3. The third kappa shape index (κ3) is 7.15. The molecule has 49 heavy (non-hydrogen) atoms. The molecule has 0 saturated carbocycles. The highest BCUT2D eigenvalue weighted by molar-refractivity contribution is 14.1. The second-order valence-electron chi connectivity index (χ2n) is 10.6. The molecule has 0 aliphatic carbocycles. The molecule has 2 heterocycles. The molecule has 0 amide bonds. The zero-order valence-corrected chi connectivity index (χ0v) is 30.5. The Balaban J connectivity index is 1.61. The molecule has 0 fully saturated rings. The van der Waals surface area contributed by atoms with Gasteiger partial charge in [0.2, 0.25) is 5.75 Å². The van der Waals surface area contributed by atoms with Gasteiger partial charge in [0.25, 0.3) is 5.56 Å². The fourth-order valence-electron chi connectivity index (χ4n) is 5.43. The van der Waals surface area contributed by atoms with Gasteiger partial charge in [0.15, 0.2) is 27.8 Å². The third-order valence-corrected chi connectivity index (χ3v) is 9.41. The molecule has 1 atom stereocenters. The number of hydrogen-bond acceptors (Lipinski definition) is 11. The van der Waals surface area contributed by atoms with Crippen LogP contribution in [0.4, 0.5) is 0 Å². The molecule has 1 aliphatic rings. The van der Waals surface area contributed by atoms with Crippen LogP contribution in [-0.4, -0.2) is 56.7 Å². The van der Waals surface area contributed by atoms with Crippen molar-refractivity contribution in [2.45, 2.75) is 26.5 Å². The SMILES string of the molecule is CCOC(=O)C1=C(C)N=c2s/c(=C\c3cc(I)c(OCc4cccc(C(=O)O)c4)c(OC)c3)c(=O)n2[C@@H]1c1cc(OC)c(OC)c(OC)c1. The number of aromatic carboxylic acids is 1. The van der Waals surface area contributed by atoms with Gasteiger partial charge in [0.05, 0.1) is 66.0 Å². The number of hydrogen-bond donors (Lipinski definition) is 1. The van der Waals surface area contributed by atoms with Crippen molar-refractivity contribution in [2.75, 3.05) is 35.0 Å². The molecule has 3 aromatic carbocycles. The standard InChI is InChI=1S/C35H33IN2O10S/c1-7-47-34(42)28-18(2)37-35-38(29(28)22-15-25(44-4)31(46-6)26(16-22)45-5)32(39)27(49-35)14-20-12-23(36)30(24(13-20)43-3)48-17-19-9-8-10-21(11-19)33(40)41/h8-16,29H,7,17H2,1-6H3,(H,40,41)/b27-14-/t29-/m1/s1. The summed E-state index contributed by atoms with van der Waals surface area (Å²) >= 11 is 3.30. The molecule has 256 valence electrons. The highest BCUT2D eigenvalue weighted by atomic mass is 127. The van der Waals surface area contributed by atoms with Crippen LogP contribution in [-0.2, 0) is 16.1 Å². The molecule has 0 saturated heterocycles. The summed E-state index contributed by atoms with van der Waals surface area (Å²) in [6.07, 6.45) is 1.73. The Morgan fingerprint density at radius 1 is 0.980 bits per heavy atom. The first-order chi connectivity index (χ1) is 23.5. The number of methoxy groups -OCH3 is 4. The number of rotatable bonds is 12. The fourth-order valence-corrected chi connectivity index (χ4v) is 7.26. The maximum atomic E-state index is 14.2. The lowest BCUT2D eigenvalue weighted by Crippen LogP contribution is -2.40. The summed E-state index contributed by atoms with van der Waals surface area (Å²) in [6, 6.07) is 12.6.